The van der Waals surface area contributed by atoms with E-state index in [4.69, 9.17) is 9.47 Å². The van der Waals surface area contributed by atoms with Gasteiger partial charge in [-0.2, -0.15) is 0 Å². The van der Waals surface area contributed by atoms with Crippen molar-refractivity contribution in [1.82, 2.24) is 40.9 Å². The Labute approximate surface area is 621 Å². The number of rotatable bonds is 26. The molecule has 2 heterocycles. The summed E-state index contributed by atoms with van der Waals surface area (Å²) >= 11 is 0. The van der Waals surface area contributed by atoms with Crippen LogP contribution in [0.3, 0.4) is 0 Å². The maximum atomic E-state index is 14.0. The third kappa shape index (κ3) is 17.5. The number of hydrogen-bond acceptors (Lipinski definition) is 13. The van der Waals surface area contributed by atoms with Gasteiger partial charge in [0.05, 0.1) is 26.4 Å². The van der Waals surface area contributed by atoms with E-state index in [-0.39, 0.29) is 53.8 Å². The van der Waals surface area contributed by atoms with Gasteiger partial charge >= 0.3 is 0 Å². The van der Waals surface area contributed by atoms with E-state index < -0.39 is 12.1 Å². The molecule has 0 radical (unpaired) electrons. The molecule has 4 bridgehead atoms. The molecule has 13 atom stereocenters. The molecule has 2 saturated heterocycles. The van der Waals surface area contributed by atoms with Gasteiger partial charge in [-0.3, -0.25) is 29.0 Å². The maximum absolute atomic E-state index is 14.0. The molecule has 560 valence electrons. The average Bonchev–Trinajstić information content (AvgIpc) is 0.814. The van der Waals surface area contributed by atoms with Crippen molar-refractivity contribution in [2.45, 2.75) is 161 Å². The fourth-order valence-corrected chi connectivity index (χ4v) is 18.7. The number of hydrogen-bond donors (Lipinski definition) is 5. The van der Waals surface area contributed by atoms with Gasteiger partial charge in [-0.25, -0.2) is 0 Å². The number of para-hydroxylation sites is 2. The summed E-state index contributed by atoms with van der Waals surface area (Å²) in [6.45, 7) is 18.2. The second-order valence-corrected chi connectivity index (χ2v) is 33.5. The van der Waals surface area contributed by atoms with Crippen LogP contribution in [0.2, 0.25) is 0 Å². The number of likely N-dealkylation sites (tertiary alicyclic amines) is 2. The lowest BCUT2D eigenvalue weighted by Gasteiger charge is -2.62. The first-order valence-corrected chi connectivity index (χ1v) is 38.3. The molecule has 104 heavy (non-hydrogen) atoms. The summed E-state index contributed by atoms with van der Waals surface area (Å²) in [5.74, 6) is 4.94. The summed E-state index contributed by atoms with van der Waals surface area (Å²) < 4.78 is 12.3. The lowest BCUT2D eigenvalue weighted by Crippen LogP contribution is -2.62. The van der Waals surface area contributed by atoms with Gasteiger partial charge in [0.2, 0.25) is 11.8 Å². The third-order valence-electron chi connectivity index (χ3n) is 24.9. The molecule has 0 spiro atoms. The molecule has 4 amide bonds. The van der Waals surface area contributed by atoms with E-state index in [1.807, 2.05) is 145 Å². The number of benzene rings is 6. The zero-order valence-corrected chi connectivity index (χ0v) is 65.1. The number of ether oxygens (including phenoxy) is 2. The second kappa shape index (κ2) is 33.3. The van der Waals surface area contributed by atoms with E-state index in [1.54, 1.807) is 14.2 Å². The molecule has 8 aliphatic rings. The van der Waals surface area contributed by atoms with Gasteiger partial charge in [-0.15, -0.1) is 0 Å². The Morgan fingerprint density at radius 3 is 1.38 bits per heavy atom. The van der Waals surface area contributed by atoms with Gasteiger partial charge in [0.1, 0.15) is 17.5 Å². The van der Waals surface area contributed by atoms with Crippen LogP contribution in [0.5, 0.6) is 11.5 Å². The zero-order valence-electron chi connectivity index (χ0n) is 65.1. The van der Waals surface area contributed by atoms with Gasteiger partial charge in [0, 0.05) is 130 Å². The van der Waals surface area contributed by atoms with Crippen molar-refractivity contribution in [2.75, 3.05) is 107 Å². The smallest absolute Gasteiger partial charge is 0.251 e. The van der Waals surface area contributed by atoms with E-state index in [1.165, 1.54) is 24.0 Å². The highest BCUT2D eigenvalue weighted by Gasteiger charge is 2.58. The molecule has 6 aliphatic carbocycles. The number of likely N-dealkylation sites (N-methyl/N-ethyl adjacent to an activating group) is 2. The molecule has 2 aliphatic heterocycles. The highest BCUT2D eigenvalue weighted by atomic mass is 16.5. The number of carbonyl (C=O) groups is 4. The number of piperidine rings is 1. The number of carbonyl (C=O) groups excluding carboxylic acids is 4. The molecule has 17 nitrogen and oxygen atoms in total. The Hall–Kier alpha value is -7.80. The van der Waals surface area contributed by atoms with Crippen molar-refractivity contribution in [1.29, 1.82) is 0 Å². The Morgan fingerprint density at radius 1 is 0.529 bits per heavy atom. The van der Waals surface area contributed by atoms with Crippen molar-refractivity contribution in [3.8, 4) is 33.8 Å². The number of aliphatic hydroxyl groups excluding tert-OH is 1. The van der Waals surface area contributed by atoms with Crippen molar-refractivity contribution in [2.24, 2.45) is 46.3 Å². The number of nitrogens with zero attached hydrogens (tertiary/aromatic N) is 6. The monoisotopic (exact) mass is 1420 g/mol. The van der Waals surface area contributed by atoms with Crippen LogP contribution in [0.4, 0.5) is 11.4 Å². The van der Waals surface area contributed by atoms with Crippen molar-refractivity contribution >= 4 is 35.0 Å². The molecule has 6 aromatic carbocycles. The van der Waals surface area contributed by atoms with Crippen molar-refractivity contribution in [3.05, 3.63) is 167 Å². The predicted octanol–water partition coefficient (Wildman–Crippen LogP) is 12.3. The Balaban J connectivity index is 0.000000208. The molecule has 6 saturated carbocycles. The molecule has 14 rings (SSSR count). The van der Waals surface area contributed by atoms with Crippen LogP contribution in [-0.4, -0.2) is 187 Å². The summed E-state index contributed by atoms with van der Waals surface area (Å²) in [4.78, 5) is 68.4. The number of anilines is 2. The minimum atomic E-state index is -0.727. The largest absolute Gasteiger partial charge is 0.496 e. The van der Waals surface area contributed by atoms with Crippen molar-refractivity contribution < 1.29 is 33.8 Å². The summed E-state index contributed by atoms with van der Waals surface area (Å²) in [6, 6.07) is 44.4. The summed E-state index contributed by atoms with van der Waals surface area (Å²) in [6.07, 6.45) is 8.95. The van der Waals surface area contributed by atoms with Crippen LogP contribution >= 0.6 is 0 Å². The van der Waals surface area contributed by atoms with Crippen LogP contribution in [-0.2, 0) is 35.5 Å². The van der Waals surface area contributed by atoms with Crippen LogP contribution in [0, 0.1) is 46.3 Å². The predicted molar refractivity (Wildman–Crippen MR) is 420 cm³/mol. The normalized spacial score (nSPS) is 25.0. The molecule has 6 aromatic rings. The SMILES string of the molecule is COc1c(CN2CCCC[C@H]2C(=O)N[C@H]2C[C@H]3C[C@@H]([C@@H]2C)C3(C)C)cccc1-c1cc(C(=O)N[C@@H](Cc2ccccc2)CN(C)C)cc(N(C)C)c1.COc1c(CN2CC[C@H](O)[C@H]2C(=O)N[C@H]2C[C@H]3C[C@@H]([C@@H]2C)C3(C)C)cccc1-c1cc(C(=O)N[C@@H](Cc2ccccc2)CN(C)C)cc(N(C)C)c1. The average molecular weight is 1420 g/mol. The van der Waals surface area contributed by atoms with Gasteiger partial charge in [-0.1, -0.05) is 145 Å². The Bertz CT molecular complexity index is 3760. The minimum absolute atomic E-state index is 0.0530. The van der Waals surface area contributed by atoms with E-state index in [0.29, 0.717) is 95.8 Å². The Kier molecular flexibility index (Phi) is 24.8. The lowest BCUT2D eigenvalue weighted by molar-refractivity contribution is -0.139. The Morgan fingerprint density at radius 2 is 0.971 bits per heavy atom. The molecule has 17 heteroatoms. The minimum Gasteiger partial charge on any atom is -0.496 e. The topological polar surface area (TPSA) is 175 Å². The number of fused-ring (bicyclic) bond motifs is 4. The second-order valence-electron chi connectivity index (χ2n) is 33.5. The lowest BCUT2D eigenvalue weighted by atomic mass is 9.45. The van der Waals surface area contributed by atoms with E-state index in [9.17, 15) is 24.3 Å². The molecular formula is C87H120N10O7. The van der Waals surface area contributed by atoms with Crippen molar-refractivity contribution in [3.63, 3.8) is 0 Å². The zero-order chi connectivity index (χ0) is 74.5. The standard InChI is InChI=1S/C44H61N5O3.C43H59N5O4/c1-29-38-25-34(44(38,2)3)26-39(29)46-43(51)40-19-12-13-20-49(40)27-31-17-14-18-37(41(31)52-8)32-22-33(24-36(23-32)48(6)7)42(50)45-35(28-47(4)5)21-30-15-10-9-11-16-30;1-27-36-23-32(43(36,2)3)24-37(27)45-42(51)39-38(49)17-18-48(39)25-29-15-12-16-35(40(29)52-8)30-20-31(22-34(21-30)47(6)7)41(50)44-33(26-46(4)5)19-28-13-10-9-11-14-28/h9-11,14-18,22-24,29,34-35,38-40H,12-13,19-21,25-28H2,1-8H3,(H,45,50)(H,46,51);9-16,20-22,27,32-33,36-39,49H,17-19,23-26H2,1-8H3,(H,44,50)(H,45,51)/t29-,34+,35-,38-,39-,40-;27-,32+,33-,36-,37-,38-,39-/m00/s1. The number of methoxy groups -OCH3 is 2. The summed E-state index contributed by atoms with van der Waals surface area (Å²) in [7, 11) is 19.4. The van der Waals surface area contributed by atoms with Gasteiger partial charge < -0.3 is 55.4 Å². The van der Waals surface area contributed by atoms with E-state index in [0.717, 1.165) is 109 Å². The fraction of sp³-hybridized carbons (Fsp3) is 0.540. The first kappa shape index (κ1) is 77.3. The summed E-state index contributed by atoms with van der Waals surface area (Å²) in [5.41, 5.74) is 11.7. The number of nitrogens with one attached hydrogen (secondary N) is 4. The summed E-state index contributed by atoms with van der Waals surface area (Å²) in [5, 5.41) is 24.6. The first-order valence-electron chi connectivity index (χ1n) is 38.3. The van der Waals surface area contributed by atoms with Gasteiger partial charge in [0.15, 0.2) is 0 Å². The third-order valence-corrected chi connectivity index (χ3v) is 24.9. The van der Waals surface area contributed by atoms with Crippen LogP contribution in [0.15, 0.2) is 133 Å². The fourth-order valence-electron chi connectivity index (χ4n) is 18.7. The van der Waals surface area contributed by atoms with E-state index in [2.05, 4.69) is 137 Å². The molecule has 5 N–H and O–H groups in total. The number of aliphatic hydroxyl groups is 1. The van der Waals surface area contributed by atoms with E-state index >= 15 is 0 Å². The highest BCUT2D eigenvalue weighted by molar-refractivity contribution is 5.98. The quantitative estimate of drug-likeness (QED) is 0.0347. The van der Waals surface area contributed by atoms with Gasteiger partial charge in [-0.05, 0) is 198 Å². The molecule has 8 fully saturated rings. The highest BCUT2D eigenvalue weighted by Crippen LogP contribution is 2.62. The molecule has 0 aromatic heterocycles. The van der Waals surface area contributed by atoms with Gasteiger partial charge in [0.25, 0.3) is 11.8 Å². The van der Waals surface area contributed by atoms with Crippen LogP contribution < -0.4 is 40.5 Å². The number of amides is 4. The first-order chi connectivity index (χ1) is 49.6. The molecular weight excluding hydrogens is 1300 g/mol. The maximum Gasteiger partial charge on any atom is 0.251 e. The molecule has 0 unspecified atom stereocenters. The van der Waals surface area contributed by atoms with Crippen LogP contribution in [0.25, 0.3) is 22.3 Å². The van der Waals surface area contributed by atoms with Crippen LogP contribution in [0.1, 0.15) is 136 Å².